The molecule has 1 fully saturated rings. The Kier molecular flexibility index (Phi) is 6.71. The summed E-state index contributed by atoms with van der Waals surface area (Å²) in [5, 5.41) is 13.3. The van der Waals surface area contributed by atoms with Gasteiger partial charge in [-0.15, -0.1) is 0 Å². The molecular weight excluding hydrogens is 262 g/mol. The predicted molar refractivity (Wildman–Crippen MR) is 88.4 cm³/mol. The topological polar surface area (TPSA) is 49.3 Å². The van der Waals surface area contributed by atoms with E-state index >= 15 is 0 Å². The highest BCUT2D eigenvalue weighted by molar-refractivity contribution is 5.71. The lowest BCUT2D eigenvalue weighted by Crippen LogP contribution is -2.53. The van der Waals surface area contributed by atoms with Crippen molar-refractivity contribution in [2.45, 2.75) is 85.7 Å². The third-order valence-corrected chi connectivity index (χ3v) is 6.07. The SMILES string of the molecule is CCC(C)CC(CC)NC1CCC(C(=O)O)C(C)(C)C1C. The van der Waals surface area contributed by atoms with E-state index in [1.54, 1.807) is 0 Å². The van der Waals surface area contributed by atoms with Crippen molar-refractivity contribution in [1.82, 2.24) is 5.32 Å². The van der Waals surface area contributed by atoms with Crippen LogP contribution in [-0.4, -0.2) is 23.2 Å². The molecule has 0 saturated heterocycles. The molecule has 5 unspecified atom stereocenters. The van der Waals surface area contributed by atoms with E-state index in [9.17, 15) is 9.90 Å². The summed E-state index contributed by atoms with van der Waals surface area (Å²) in [5.74, 6) is 0.302. The Morgan fingerprint density at radius 2 is 1.90 bits per heavy atom. The lowest BCUT2D eigenvalue weighted by molar-refractivity contribution is -0.150. The zero-order chi connectivity index (χ0) is 16.2. The van der Waals surface area contributed by atoms with Gasteiger partial charge in [-0.2, -0.15) is 0 Å². The molecule has 5 atom stereocenters. The molecule has 1 aliphatic carbocycles. The number of hydrogen-bond acceptors (Lipinski definition) is 2. The van der Waals surface area contributed by atoms with Crippen LogP contribution >= 0.6 is 0 Å². The van der Waals surface area contributed by atoms with Crippen LogP contribution in [0.3, 0.4) is 0 Å². The van der Waals surface area contributed by atoms with Crippen LogP contribution in [0.4, 0.5) is 0 Å². The summed E-state index contributed by atoms with van der Waals surface area (Å²) in [6.45, 7) is 13.3. The molecule has 3 nitrogen and oxygen atoms in total. The van der Waals surface area contributed by atoms with Crippen LogP contribution in [0.25, 0.3) is 0 Å². The molecule has 21 heavy (non-hydrogen) atoms. The molecule has 0 aromatic carbocycles. The third kappa shape index (κ3) is 4.45. The Morgan fingerprint density at radius 3 is 2.38 bits per heavy atom. The lowest BCUT2D eigenvalue weighted by Gasteiger charge is -2.47. The van der Waals surface area contributed by atoms with Gasteiger partial charge in [0.25, 0.3) is 0 Å². The standard InChI is InChI=1S/C18H35NO2/c1-7-12(3)11-14(8-2)19-16-10-9-15(17(20)21)18(5,6)13(16)4/h12-16,19H,7-11H2,1-6H3,(H,20,21). The first kappa shape index (κ1) is 18.5. The Hall–Kier alpha value is -0.570. The van der Waals surface area contributed by atoms with Gasteiger partial charge in [0.1, 0.15) is 0 Å². The molecule has 124 valence electrons. The van der Waals surface area contributed by atoms with E-state index in [2.05, 4.69) is 46.9 Å². The number of hydrogen-bond donors (Lipinski definition) is 2. The Morgan fingerprint density at radius 1 is 1.29 bits per heavy atom. The molecule has 0 amide bonds. The molecule has 0 aromatic rings. The predicted octanol–water partition coefficient (Wildman–Crippen LogP) is 4.32. The zero-order valence-corrected chi connectivity index (χ0v) is 14.8. The lowest BCUT2D eigenvalue weighted by atomic mass is 9.61. The number of rotatable bonds is 7. The van der Waals surface area contributed by atoms with E-state index in [1.807, 2.05) is 0 Å². The highest BCUT2D eigenvalue weighted by atomic mass is 16.4. The highest BCUT2D eigenvalue weighted by Crippen LogP contribution is 2.45. The average Bonchev–Trinajstić information content (AvgIpc) is 2.42. The van der Waals surface area contributed by atoms with Crippen LogP contribution in [0.5, 0.6) is 0 Å². The van der Waals surface area contributed by atoms with Gasteiger partial charge >= 0.3 is 5.97 Å². The number of aliphatic carboxylic acids is 1. The smallest absolute Gasteiger partial charge is 0.307 e. The van der Waals surface area contributed by atoms with Crippen LogP contribution in [-0.2, 0) is 4.79 Å². The van der Waals surface area contributed by atoms with Crippen LogP contribution in [0.2, 0.25) is 0 Å². The van der Waals surface area contributed by atoms with Gasteiger partial charge in [-0.25, -0.2) is 0 Å². The molecule has 0 heterocycles. The minimum atomic E-state index is -0.628. The monoisotopic (exact) mass is 297 g/mol. The van der Waals surface area contributed by atoms with Crippen LogP contribution in [0.1, 0.15) is 73.6 Å². The first-order valence-corrected chi connectivity index (χ1v) is 8.72. The van der Waals surface area contributed by atoms with E-state index in [-0.39, 0.29) is 11.3 Å². The number of carboxylic acid groups (broad SMARTS) is 1. The van der Waals surface area contributed by atoms with E-state index in [4.69, 9.17) is 0 Å². The second-order valence-electron chi connectivity index (χ2n) is 7.71. The van der Waals surface area contributed by atoms with E-state index in [1.165, 1.54) is 12.8 Å². The first-order chi connectivity index (χ1) is 9.73. The minimum Gasteiger partial charge on any atom is -0.481 e. The van der Waals surface area contributed by atoms with Crippen molar-refractivity contribution in [2.24, 2.45) is 23.2 Å². The fourth-order valence-corrected chi connectivity index (χ4v) is 3.78. The molecule has 0 aromatic heterocycles. The normalized spacial score (nSPS) is 31.6. The van der Waals surface area contributed by atoms with Crippen LogP contribution in [0.15, 0.2) is 0 Å². The number of nitrogens with one attached hydrogen (secondary N) is 1. The van der Waals surface area contributed by atoms with Gasteiger partial charge in [0, 0.05) is 12.1 Å². The molecule has 0 spiro atoms. The van der Waals surface area contributed by atoms with Gasteiger partial charge in [-0.3, -0.25) is 4.79 Å². The minimum absolute atomic E-state index is 0.142. The number of carboxylic acids is 1. The molecule has 3 heteroatoms. The maximum atomic E-state index is 11.5. The largest absolute Gasteiger partial charge is 0.481 e. The Bertz CT molecular complexity index is 340. The fourth-order valence-electron chi connectivity index (χ4n) is 3.78. The van der Waals surface area contributed by atoms with Crippen molar-refractivity contribution in [1.29, 1.82) is 0 Å². The summed E-state index contributed by atoms with van der Waals surface area (Å²) in [6, 6.07) is 1.01. The molecule has 1 saturated carbocycles. The molecule has 1 rings (SSSR count). The second-order valence-corrected chi connectivity index (χ2v) is 7.71. The Balaban J connectivity index is 2.70. The van der Waals surface area contributed by atoms with E-state index in [0.29, 0.717) is 18.0 Å². The summed E-state index contributed by atoms with van der Waals surface area (Å²) in [4.78, 5) is 11.5. The van der Waals surface area contributed by atoms with Gasteiger partial charge in [-0.05, 0) is 42.9 Å². The summed E-state index contributed by atoms with van der Waals surface area (Å²) >= 11 is 0. The third-order valence-electron chi connectivity index (χ3n) is 6.07. The van der Waals surface area contributed by atoms with Gasteiger partial charge in [0.05, 0.1) is 5.92 Å². The van der Waals surface area contributed by atoms with Gasteiger partial charge in [0.2, 0.25) is 0 Å². The van der Waals surface area contributed by atoms with Crippen molar-refractivity contribution in [3.05, 3.63) is 0 Å². The van der Waals surface area contributed by atoms with Crippen molar-refractivity contribution in [2.75, 3.05) is 0 Å². The van der Waals surface area contributed by atoms with E-state index < -0.39 is 5.97 Å². The molecule has 0 radical (unpaired) electrons. The van der Waals surface area contributed by atoms with Crippen LogP contribution in [0, 0.1) is 23.2 Å². The second kappa shape index (κ2) is 7.62. The fraction of sp³-hybridized carbons (Fsp3) is 0.944. The quantitative estimate of drug-likeness (QED) is 0.736. The van der Waals surface area contributed by atoms with Crippen molar-refractivity contribution < 1.29 is 9.90 Å². The Labute approximate surface area is 130 Å². The van der Waals surface area contributed by atoms with Crippen molar-refractivity contribution >= 4 is 5.97 Å². The molecular formula is C18H35NO2. The summed E-state index contributed by atoms with van der Waals surface area (Å²) in [7, 11) is 0. The van der Waals surface area contributed by atoms with Gasteiger partial charge in [0.15, 0.2) is 0 Å². The average molecular weight is 297 g/mol. The maximum Gasteiger partial charge on any atom is 0.307 e. The molecule has 0 bridgehead atoms. The highest BCUT2D eigenvalue weighted by Gasteiger charge is 2.46. The number of carbonyl (C=O) groups is 1. The molecule has 2 N–H and O–H groups in total. The summed E-state index contributed by atoms with van der Waals surface area (Å²) < 4.78 is 0. The van der Waals surface area contributed by atoms with Crippen molar-refractivity contribution in [3.63, 3.8) is 0 Å². The first-order valence-electron chi connectivity index (χ1n) is 8.72. The molecule has 0 aliphatic heterocycles. The van der Waals surface area contributed by atoms with Gasteiger partial charge < -0.3 is 10.4 Å². The van der Waals surface area contributed by atoms with Gasteiger partial charge in [-0.1, -0.05) is 48.0 Å². The zero-order valence-electron chi connectivity index (χ0n) is 14.8. The van der Waals surface area contributed by atoms with Crippen LogP contribution < -0.4 is 5.32 Å². The van der Waals surface area contributed by atoms with Crippen molar-refractivity contribution in [3.8, 4) is 0 Å². The summed E-state index contributed by atoms with van der Waals surface area (Å²) in [6.07, 6.45) is 5.38. The maximum absolute atomic E-state index is 11.5. The molecule has 1 aliphatic rings. The summed E-state index contributed by atoms with van der Waals surface area (Å²) in [5.41, 5.74) is -0.142. The van der Waals surface area contributed by atoms with E-state index in [0.717, 1.165) is 25.2 Å².